The predicted octanol–water partition coefficient (Wildman–Crippen LogP) is 2.05. The summed E-state index contributed by atoms with van der Waals surface area (Å²) >= 11 is 0. The molecule has 1 aliphatic rings. The highest BCUT2D eigenvalue weighted by atomic mass is 16.5. The van der Waals surface area contributed by atoms with Gasteiger partial charge in [-0.3, -0.25) is 4.79 Å². The van der Waals surface area contributed by atoms with Crippen LogP contribution in [-0.2, 0) is 16.1 Å². The molecular weight excluding hydrogens is 294 g/mol. The van der Waals surface area contributed by atoms with Crippen LogP contribution in [0.5, 0.6) is 5.75 Å². The van der Waals surface area contributed by atoms with Crippen molar-refractivity contribution in [2.45, 2.75) is 32.0 Å². The third-order valence-electron chi connectivity index (χ3n) is 3.83. The van der Waals surface area contributed by atoms with E-state index in [4.69, 9.17) is 9.47 Å². The van der Waals surface area contributed by atoms with Gasteiger partial charge in [0.2, 0.25) is 5.91 Å². The Morgan fingerprint density at radius 2 is 2.17 bits per heavy atom. The summed E-state index contributed by atoms with van der Waals surface area (Å²) in [5, 5.41) is 12.6. The monoisotopic (exact) mass is 319 g/mol. The molecule has 0 saturated carbocycles. The Morgan fingerprint density at radius 3 is 2.83 bits per heavy atom. The normalized spacial score (nSPS) is 17.9. The number of benzene rings is 1. The first-order chi connectivity index (χ1) is 11.2. The molecule has 2 rings (SSSR count). The molecule has 0 unspecified atom stereocenters. The number of hydrogen-bond acceptors (Lipinski definition) is 4. The third-order valence-corrected chi connectivity index (χ3v) is 3.83. The van der Waals surface area contributed by atoms with Gasteiger partial charge in [-0.1, -0.05) is 24.3 Å². The Kier molecular flexibility index (Phi) is 7.10. The van der Waals surface area contributed by atoms with Crippen LogP contribution in [0.1, 0.15) is 24.8 Å². The molecule has 2 atom stereocenters. The lowest BCUT2D eigenvalue weighted by Crippen LogP contribution is -2.35. The summed E-state index contributed by atoms with van der Waals surface area (Å²) < 4.78 is 10.6. The largest absolute Gasteiger partial charge is 0.497 e. The number of carbonyl (C=O) groups excluding carboxylic acids is 1. The van der Waals surface area contributed by atoms with Crippen molar-refractivity contribution in [3.05, 3.63) is 42.0 Å². The molecule has 126 valence electrons. The molecular formula is C18H25NO4. The van der Waals surface area contributed by atoms with Crippen molar-refractivity contribution in [3.8, 4) is 5.75 Å². The van der Waals surface area contributed by atoms with Gasteiger partial charge < -0.3 is 19.9 Å². The molecule has 2 N–H and O–H groups in total. The fourth-order valence-corrected chi connectivity index (χ4v) is 2.50. The molecule has 0 heterocycles. The van der Waals surface area contributed by atoms with E-state index in [-0.39, 0.29) is 19.1 Å². The Hall–Kier alpha value is -1.85. The summed E-state index contributed by atoms with van der Waals surface area (Å²) in [7, 11) is 1.62. The first-order valence-electron chi connectivity index (χ1n) is 7.99. The Balaban J connectivity index is 1.57. The van der Waals surface area contributed by atoms with Crippen LogP contribution in [0, 0.1) is 5.92 Å². The number of allylic oxidation sites excluding steroid dienone is 2. The van der Waals surface area contributed by atoms with E-state index in [9.17, 15) is 9.90 Å². The highest BCUT2D eigenvalue weighted by molar-refractivity contribution is 5.76. The van der Waals surface area contributed by atoms with Gasteiger partial charge in [-0.05, 0) is 36.5 Å². The first kappa shape index (κ1) is 17.5. The van der Waals surface area contributed by atoms with Gasteiger partial charge in [0.05, 0.1) is 26.4 Å². The molecule has 0 aromatic heterocycles. The Bertz CT molecular complexity index is 512. The lowest BCUT2D eigenvalue weighted by Gasteiger charge is -2.14. The summed E-state index contributed by atoms with van der Waals surface area (Å²) in [4.78, 5) is 11.8. The van der Waals surface area contributed by atoms with Gasteiger partial charge in [-0.2, -0.15) is 0 Å². The number of hydrogen-bond donors (Lipinski definition) is 2. The molecule has 23 heavy (non-hydrogen) atoms. The zero-order valence-electron chi connectivity index (χ0n) is 13.5. The van der Waals surface area contributed by atoms with Crippen molar-refractivity contribution in [2.75, 3.05) is 20.3 Å². The van der Waals surface area contributed by atoms with Crippen LogP contribution in [0.4, 0.5) is 0 Å². The third kappa shape index (κ3) is 6.42. The maximum absolute atomic E-state index is 11.8. The van der Waals surface area contributed by atoms with Gasteiger partial charge in [0, 0.05) is 13.0 Å². The molecule has 1 aromatic carbocycles. The molecule has 1 amide bonds. The molecule has 5 nitrogen and oxygen atoms in total. The van der Waals surface area contributed by atoms with Gasteiger partial charge in [-0.15, -0.1) is 0 Å². The number of methoxy groups -OCH3 is 1. The van der Waals surface area contributed by atoms with Gasteiger partial charge in [0.15, 0.2) is 0 Å². The zero-order chi connectivity index (χ0) is 16.5. The van der Waals surface area contributed by atoms with Crippen molar-refractivity contribution in [1.82, 2.24) is 5.32 Å². The summed E-state index contributed by atoms with van der Waals surface area (Å²) in [5.74, 6) is 1.13. The standard InChI is InChI=1S/C18H25NO4/c1-22-17-8-6-15(7-9-17)12-23-13-16(20)11-19-18(21)10-14-4-2-3-5-14/h2,4,6-9,14,16,20H,3,5,10-13H2,1H3,(H,19,21)/t14-,16+/m1/s1. The molecule has 1 aliphatic carbocycles. The Morgan fingerprint density at radius 1 is 1.39 bits per heavy atom. The molecule has 5 heteroatoms. The van der Waals surface area contributed by atoms with E-state index < -0.39 is 6.10 Å². The second-order valence-corrected chi connectivity index (χ2v) is 5.79. The van der Waals surface area contributed by atoms with Crippen LogP contribution >= 0.6 is 0 Å². The highest BCUT2D eigenvalue weighted by Crippen LogP contribution is 2.19. The van der Waals surface area contributed by atoms with E-state index in [1.165, 1.54) is 0 Å². The molecule has 1 aromatic rings. The van der Waals surface area contributed by atoms with Gasteiger partial charge >= 0.3 is 0 Å². The minimum absolute atomic E-state index is 0.0178. The van der Waals surface area contributed by atoms with Crippen molar-refractivity contribution in [1.29, 1.82) is 0 Å². The zero-order valence-corrected chi connectivity index (χ0v) is 13.5. The predicted molar refractivity (Wildman–Crippen MR) is 88.1 cm³/mol. The van der Waals surface area contributed by atoms with E-state index in [1.807, 2.05) is 24.3 Å². The average molecular weight is 319 g/mol. The fraction of sp³-hybridized carbons (Fsp3) is 0.500. The SMILES string of the molecule is COc1ccc(COC[C@@H](O)CNC(=O)C[C@@H]2C=CCC2)cc1. The van der Waals surface area contributed by atoms with Crippen LogP contribution in [0.2, 0.25) is 0 Å². The average Bonchev–Trinajstić information content (AvgIpc) is 3.06. The maximum atomic E-state index is 11.8. The van der Waals surface area contributed by atoms with E-state index in [0.717, 1.165) is 24.2 Å². The topological polar surface area (TPSA) is 67.8 Å². The molecule has 0 saturated heterocycles. The molecule has 0 fully saturated rings. The van der Waals surface area contributed by atoms with Crippen LogP contribution in [0.25, 0.3) is 0 Å². The summed E-state index contributed by atoms with van der Waals surface area (Å²) in [6.07, 6.45) is 6.10. The number of aliphatic hydroxyl groups excluding tert-OH is 1. The van der Waals surface area contributed by atoms with E-state index in [1.54, 1.807) is 7.11 Å². The number of ether oxygens (including phenoxy) is 2. The minimum atomic E-state index is -0.698. The lowest BCUT2D eigenvalue weighted by molar-refractivity contribution is -0.122. The number of nitrogens with one attached hydrogen (secondary N) is 1. The molecule has 0 spiro atoms. The van der Waals surface area contributed by atoms with Crippen LogP contribution < -0.4 is 10.1 Å². The summed E-state index contributed by atoms with van der Waals surface area (Å²) in [6, 6.07) is 7.57. The van der Waals surface area contributed by atoms with Crippen molar-refractivity contribution in [2.24, 2.45) is 5.92 Å². The van der Waals surface area contributed by atoms with Gasteiger partial charge in [-0.25, -0.2) is 0 Å². The smallest absolute Gasteiger partial charge is 0.220 e. The van der Waals surface area contributed by atoms with Gasteiger partial charge in [0.1, 0.15) is 5.75 Å². The Labute approximate surface area is 137 Å². The number of rotatable bonds is 9. The molecule has 0 radical (unpaired) electrons. The minimum Gasteiger partial charge on any atom is -0.497 e. The fourth-order valence-electron chi connectivity index (χ4n) is 2.50. The van der Waals surface area contributed by atoms with Gasteiger partial charge in [0.25, 0.3) is 0 Å². The molecule has 0 bridgehead atoms. The van der Waals surface area contributed by atoms with Crippen LogP contribution in [0.3, 0.4) is 0 Å². The van der Waals surface area contributed by atoms with Crippen molar-refractivity contribution < 1.29 is 19.4 Å². The number of amides is 1. The second-order valence-electron chi connectivity index (χ2n) is 5.79. The van der Waals surface area contributed by atoms with Crippen LogP contribution in [-0.4, -0.2) is 37.4 Å². The van der Waals surface area contributed by atoms with Crippen LogP contribution in [0.15, 0.2) is 36.4 Å². The number of aliphatic hydroxyl groups is 1. The van der Waals surface area contributed by atoms with Crippen molar-refractivity contribution in [3.63, 3.8) is 0 Å². The quantitative estimate of drug-likeness (QED) is 0.684. The highest BCUT2D eigenvalue weighted by Gasteiger charge is 2.14. The summed E-state index contributed by atoms with van der Waals surface area (Å²) in [6.45, 7) is 0.829. The maximum Gasteiger partial charge on any atom is 0.220 e. The first-order valence-corrected chi connectivity index (χ1v) is 7.99. The van der Waals surface area contributed by atoms with E-state index in [0.29, 0.717) is 18.9 Å². The summed E-state index contributed by atoms with van der Waals surface area (Å²) in [5.41, 5.74) is 1.01. The molecule has 0 aliphatic heterocycles. The second kappa shape index (κ2) is 9.33. The van der Waals surface area contributed by atoms with Crippen molar-refractivity contribution >= 4 is 5.91 Å². The lowest BCUT2D eigenvalue weighted by atomic mass is 10.1. The van der Waals surface area contributed by atoms with E-state index >= 15 is 0 Å². The number of carbonyl (C=O) groups is 1. The van der Waals surface area contributed by atoms with E-state index in [2.05, 4.69) is 17.5 Å².